The minimum absolute atomic E-state index is 0.00471. The third kappa shape index (κ3) is 7.24. The van der Waals surface area contributed by atoms with Crippen LogP contribution in [0.5, 0.6) is 0 Å². The van der Waals surface area contributed by atoms with E-state index in [1.54, 1.807) is 0 Å². The molecule has 0 amide bonds. The quantitative estimate of drug-likeness (QED) is 0.128. The van der Waals surface area contributed by atoms with Gasteiger partial charge in [0.2, 0.25) is 0 Å². The second-order valence-corrected chi connectivity index (χ2v) is 18.0. The average Bonchev–Trinajstić information content (AvgIpc) is 3.42. The van der Waals surface area contributed by atoms with Crippen molar-refractivity contribution >= 4 is 68.0 Å². The highest BCUT2D eigenvalue weighted by Crippen LogP contribution is 2.40. The van der Waals surface area contributed by atoms with Gasteiger partial charge in [0.15, 0.2) is 0 Å². The first-order valence-electron chi connectivity index (χ1n) is 23.5. The van der Waals surface area contributed by atoms with Crippen LogP contribution in [-0.2, 0) is 0 Å². The second kappa shape index (κ2) is 16.6. The summed E-state index contributed by atoms with van der Waals surface area (Å²) >= 11 is 0. The summed E-state index contributed by atoms with van der Waals surface area (Å²) in [6, 6.07) is 60.2. The summed E-state index contributed by atoms with van der Waals surface area (Å²) < 4.78 is 0. The molecule has 68 heavy (non-hydrogen) atoms. The van der Waals surface area contributed by atoms with E-state index in [0.29, 0.717) is 0 Å². The first-order valence-corrected chi connectivity index (χ1v) is 23.5. The van der Waals surface area contributed by atoms with Crippen molar-refractivity contribution < 1.29 is 0 Å². The SMILES string of the molecule is C1=CC2=CC=C(c3ccc4c(c3)NC(C3C=C(c5ccccc5)N=C(c5ccccc5)N3)C=C4)NC2C=C1c1ccc(-c2ccc3ccc4c(c3n2)NC(c2ccccc2)C=C4)c2ccccc12. The first-order chi connectivity index (χ1) is 33.6. The van der Waals surface area contributed by atoms with E-state index in [2.05, 4.69) is 240 Å². The van der Waals surface area contributed by atoms with Crippen molar-refractivity contribution in [1.29, 1.82) is 0 Å². The molecule has 324 valence electrons. The van der Waals surface area contributed by atoms with Crippen molar-refractivity contribution in [3.63, 3.8) is 0 Å². The molecular weight excluding hydrogens is 829 g/mol. The van der Waals surface area contributed by atoms with Gasteiger partial charge in [-0.05, 0) is 79.6 Å². The average molecular weight is 875 g/mol. The Labute approximate surface area is 395 Å². The fraction of sp³-hybridized carbons (Fsp3) is 0.0645. The van der Waals surface area contributed by atoms with E-state index in [0.717, 1.165) is 73.0 Å². The largest absolute Gasteiger partial charge is 0.376 e. The molecule has 5 aliphatic rings. The van der Waals surface area contributed by atoms with Gasteiger partial charge in [0.05, 0.1) is 46.8 Å². The highest BCUT2D eigenvalue weighted by atomic mass is 15.1. The van der Waals surface area contributed by atoms with Gasteiger partial charge in [-0.15, -0.1) is 0 Å². The number of nitrogens with zero attached hydrogens (tertiary/aromatic N) is 2. The molecule has 5 heterocycles. The minimum atomic E-state index is -0.0245. The van der Waals surface area contributed by atoms with Crippen LogP contribution in [0, 0.1) is 0 Å². The summed E-state index contributed by atoms with van der Waals surface area (Å²) in [7, 11) is 0. The Balaban J connectivity index is 0.767. The molecule has 0 spiro atoms. The van der Waals surface area contributed by atoms with Gasteiger partial charge in [0.25, 0.3) is 0 Å². The third-order valence-corrected chi connectivity index (χ3v) is 13.8. The van der Waals surface area contributed by atoms with Gasteiger partial charge >= 0.3 is 0 Å². The number of benzene rings is 7. The zero-order chi connectivity index (χ0) is 45.0. The Morgan fingerprint density at radius 1 is 0.471 bits per heavy atom. The smallest absolute Gasteiger partial charge is 0.134 e. The number of amidine groups is 1. The van der Waals surface area contributed by atoms with Crippen LogP contribution in [0.15, 0.2) is 229 Å². The van der Waals surface area contributed by atoms with Gasteiger partial charge in [-0.25, -0.2) is 9.98 Å². The van der Waals surface area contributed by atoms with Gasteiger partial charge in [-0.1, -0.05) is 206 Å². The summed E-state index contributed by atoms with van der Waals surface area (Å²) in [5.41, 5.74) is 17.8. The van der Waals surface area contributed by atoms with Crippen molar-refractivity contribution in [2.24, 2.45) is 4.99 Å². The Bertz CT molecular complexity index is 3580. The number of dihydropyridines is 1. The lowest BCUT2D eigenvalue weighted by molar-refractivity contribution is 0.669. The standard InChI is InChI=1S/C62H46N6/c1-4-12-39(13-5-1)52-33-28-43-22-23-44-29-34-54(66-61(44)60(43)65-52)51-31-30-48(49-18-10-11-19-50(49)51)46-24-20-41-26-32-53(63-56(41)36-46)47-25-21-42-27-35-55(64-57(42)37-47)59-38-58(40-14-6-2-7-15-40)67-62(68-59)45-16-8-3-9-17-45/h1-38,52,55-56,59,63-65H,(H,67,68). The predicted molar refractivity (Wildman–Crippen MR) is 284 cm³/mol. The first kappa shape index (κ1) is 39.6. The summed E-state index contributed by atoms with van der Waals surface area (Å²) in [4.78, 5) is 10.5. The number of aromatic nitrogens is 1. The maximum Gasteiger partial charge on any atom is 0.134 e. The predicted octanol–water partition coefficient (Wildman–Crippen LogP) is 13.4. The lowest BCUT2D eigenvalue weighted by Gasteiger charge is -2.33. The van der Waals surface area contributed by atoms with E-state index in [4.69, 9.17) is 9.98 Å². The number of aliphatic imine (C=N–C) groups is 1. The number of pyridine rings is 1. The maximum atomic E-state index is 5.39. The van der Waals surface area contributed by atoms with Crippen molar-refractivity contribution in [1.82, 2.24) is 15.6 Å². The van der Waals surface area contributed by atoms with Crippen molar-refractivity contribution in [2.75, 3.05) is 10.6 Å². The number of allylic oxidation sites excluding steroid dienone is 4. The third-order valence-electron chi connectivity index (χ3n) is 13.8. The lowest BCUT2D eigenvalue weighted by atomic mass is 9.87. The van der Waals surface area contributed by atoms with Crippen LogP contribution in [0.2, 0.25) is 0 Å². The molecule has 13 rings (SSSR count). The second-order valence-electron chi connectivity index (χ2n) is 18.0. The molecule has 4 atom stereocenters. The molecule has 6 nitrogen and oxygen atoms in total. The van der Waals surface area contributed by atoms with Crippen molar-refractivity contribution in [3.05, 3.63) is 263 Å². The van der Waals surface area contributed by atoms with Gasteiger partial charge < -0.3 is 21.3 Å². The van der Waals surface area contributed by atoms with Gasteiger partial charge in [0.1, 0.15) is 5.84 Å². The molecule has 4 unspecified atom stereocenters. The summed E-state index contributed by atoms with van der Waals surface area (Å²) in [6.07, 6.45) is 22.5. The fourth-order valence-corrected chi connectivity index (χ4v) is 10.2. The topological polar surface area (TPSA) is 73.4 Å². The Kier molecular flexibility index (Phi) is 9.67. The van der Waals surface area contributed by atoms with Gasteiger partial charge in [0, 0.05) is 27.9 Å². The van der Waals surface area contributed by atoms with Crippen LogP contribution in [0.25, 0.3) is 62.1 Å². The molecule has 0 fully saturated rings. The van der Waals surface area contributed by atoms with Crippen LogP contribution in [0.3, 0.4) is 0 Å². The Morgan fingerprint density at radius 3 is 2.03 bits per heavy atom. The van der Waals surface area contributed by atoms with Crippen LogP contribution >= 0.6 is 0 Å². The van der Waals surface area contributed by atoms with Crippen LogP contribution in [-0.4, -0.2) is 28.9 Å². The van der Waals surface area contributed by atoms with E-state index < -0.39 is 0 Å². The molecule has 4 N–H and O–H groups in total. The normalized spacial score (nSPS) is 19.9. The molecule has 7 aromatic carbocycles. The molecule has 1 aromatic heterocycles. The van der Waals surface area contributed by atoms with E-state index in [1.165, 1.54) is 38.6 Å². The molecule has 8 aromatic rings. The minimum Gasteiger partial charge on any atom is -0.376 e. The lowest BCUT2D eigenvalue weighted by Crippen LogP contribution is -2.47. The highest BCUT2D eigenvalue weighted by Gasteiger charge is 2.28. The molecule has 6 heteroatoms. The van der Waals surface area contributed by atoms with E-state index in [-0.39, 0.29) is 24.2 Å². The molecular formula is C62H46N6. The van der Waals surface area contributed by atoms with Crippen molar-refractivity contribution in [2.45, 2.75) is 24.2 Å². The molecule has 0 radical (unpaired) electrons. The number of hydrogen-bond donors (Lipinski definition) is 4. The molecule has 0 saturated heterocycles. The van der Waals surface area contributed by atoms with Crippen LogP contribution in [0.1, 0.15) is 45.0 Å². The Morgan fingerprint density at radius 2 is 1.19 bits per heavy atom. The van der Waals surface area contributed by atoms with E-state index in [9.17, 15) is 0 Å². The zero-order valence-corrected chi connectivity index (χ0v) is 37.1. The van der Waals surface area contributed by atoms with E-state index in [1.807, 2.05) is 12.1 Å². The van der Waals surface area contributed by atoms with Crippen LogP contribution in [0.4, 0.5) is 11.4 Å². The molecule has 0 saturated carbocycles. The highest BCUT2D eigenvalue weighted by molar-refractivity contribution is 6.06. The fourth-order valence-electron chi connectivity index (χ4n) is 10.2. The summed E-state index contributed by atoms with van der Waals surface area (Å²) in [5, 5.41) is 18.8. The van der Waals surface area contributed by atoms with Gasteiger partial charge in [-0.2, -0.15) is 0 Å². The zero-order valence-electron chi connectivity index (χ0n) is 37.1. The number of hydrogen-bond acceptors (Lipinski definition) is 6. The van der Waals surface area contributed by atoms with Crippen molar-refractivity contribution in [3.8, 4) is 11.3 Å². The number of fused-ring (bicyclic) bond motifs is 6. The van der Waals surface area contributed by atoms with Gasteiger partial charge in [-0.3, -0.25) is 0 Å². The summed E-state index contributed by atoms with van der Waals surface area (Å²) in [5.74, 6) is 0.872. The summed E-state index contributed by atoms with van der Waals surface area (Å²) in [6.45, 7) is 0. The van der Waals surface area contributed by atoms with E-state index >= 15 is 0 Å². The number of anilines is 2. The monoisotopic (exact) mass is 874 g/mol. The number of rotatable bonds is 7. The number of nitrogens with one attached hydrogen (secondary N) is 4. The molecule has 1 aliphatic carbocycles. The van der Waals surface area contributed by atoms with Crippen LogP contribution < -0.4 is 21.3 Å². The maximum absolute atomic E-state index is 5.39. The molecule has 4 aliphatic heterocycles. The molecule has 0 bridgehead atoms. The Hall–Kier alpha value is -8.74.